The summed E-state index contributed by atoms with van der Waals surface area (Å²) < 4.78 is 14.4. The van der Waals surface area contributed by atoms with E-state index in [1.54, 1.807) is 24.4 Å². The third kappa shape index (κ3) is 1.63. The van der Waals surface area contributed by atoms with Crippen LogP contribution in [0.1, 0.15) is 0 Å². The molecule has 0 saturated heterocycles. The third-order valence-corrected chi connectivity index (χ3v) is 3.15. The second-order valence-corrected chi connectivity index (χ2v) is 4.52. The number of nitrogens with one attached hydrogen (secondary N) is 1. The van der Waals surface area contributed by atoms with Crippen molar-refractivity contribution in [3.05, 3.63) is 34.7 Å². The second-order valence-electron chi connectivity index (χ2n) is 3.66. The zero-order chi connectivity index (χ0) is 12.7. The number of fused-ring (bicyclic) bond motifs is 1. The number of H-pyrrole nitrogens is 1. The van der Waals surface area contributed by atoms with Gasteiger partial charge in [0.1, 0.15) is 5.82 Å². The molecular weight excluding hydrogens is 301 g/mol. The average molecular weight is 308 g/mol. The van der Waals surface area contributed by atoms with Gasteiger partial charge in [0.25, 0.3) is 0 Å². The number of aromatic nitrogens is 4. The van der Waals surface area contributed by atoms with Crippen molar-refractivity contribution in [2.75, 3.05) is 5.73 Å². The van der Waals surface area contributed by atoms with Gasteiger partial charge in [0.2, 0.25) is 5.95 Å². The number of halogens is 2. The van der Waals surface area contributed by atoms with E-state index in [4.69, 9.17) is 5.73 Å². The Kier molecular flexibility index (Phi) is 2.48. The molecule has 2 aromatic heterocycles. The van der Waals surface area contributed by atoms with Crippen molar-refractivity contribution in [2.24, 2.45) is 0 Å². The minimum atomic E-state index is -0.391. The molecule has 5 nitrogen and oxygen atoms in total. The SMILES string of the molecule is Nc1nc(-c2cccc(Br)c2F)c2cn[nH]c2n1. The molecular formula is C11H7BrFN5. The summed E-state index contributed by atoms with van der Waals surface area (Å²) >= 11 is 3.14. The molecule has 0 bridgehead atoms. The van der Waals surface area contributed by atoms with Crippen molar-refractivity contribution in [3.63, 3.8) is 0 Å². The van der Waals surface area contributed by atoms with E-state index in [0.717, 1.165) is 0 Å². The van der Waals surface area contributed by atoms with Crippen LogP contribution in [-0.4, -0.2) is 20.2 Å². The fraction of sp³-hybridized carbons (Fsp3) is 0. The zero-order valence-electron chi connectivity index (χ0n) is 8.98. The quantitative estimate of drug-likeness (QED) is 0.724. The van der Waals surface area contributed by atoms with E-state index < -0.39 is 5.82 Å². The van der Waals surface area contributed by atoms with Crippen LogP contribution in [0.25, 0.3) is 22.3 Å². The van der Waals surface area contributed by atoms with E-state index in [0.29, 0.717) is 26.8 Å². The maximum atomic E-state index is 14.1. The maximum Gasteiger partial charge on any atom is 0.222 e. The monoisotopic (exact) mass is 307 g/mol. The highest BCUT2D eigenvalue weighted by atomic mass is 79.9. The Morgan fingerprint density at radius 3 is 2.94 bits per heavy atom. The molecule has 0 atom stereocenters. The number of nitrogens with zero attached hydrogens (tertiary/aromatic N) is 3. The molecule has 0 aliphatic heterocycles. The fourth-order valence-corrected chi connectivity index (χ4v) is 2.11. The summed E-state index contributed by atoms with van der Waals surface area (Å²) in [5, 5.41) is 7.18. The topological polar surface area (TPSA) is 80.5 Å². The predicted molar refractivity (Wildman–Crippen MR) is 69.2 cm³/mol. The number of hydrogen-bond acceptors (Lipinski definition) is 4. The highest BCUT2D eigenvalue weighted by Gasteiger charge is 2.15. The molecule has 90 valence electrons. The van der Waals surface area contributed by atoms with Crippen LogP contribution < -0.4 is 5.73 Å². The van der Waals surface area contributed by atoms with E-state index >= 15 is 0 Å². The van der Waals surface area contributed by atoms with E-state index in [1.165, 1.54) is 0 Å². The van der Waals surface area contributed by atoms with Crippen LogP contribution in [0, 0.1) is 5.82 Å². The van der Waals surface area contributed by atoms with Gasteiger partial charge in [-0.15, -0.1) is 0 Å². The number of benzene rings is 1. The number of hydrogen-bond donors (Lipinski definition) is 2. The highest BCUT2D eigenvalue weighted by Crippen LogP contribution is 2.30. The lowest BCUT2D eigenvalue weighted by atomic mass is 10.1. The van der Waals surface area contributed by atoms with Crippen molar-refractivity contribution >= 4 is 32.9 Å². The van der Waals surface area contributed by atoms with Crippen molar-refractivity contribution in [3.8, 4) is 11.3 Å². The van der Waals surface area contributed by atoms with Crippen LogP contribution in [0.15, 0.2) is 28.9 Å². The molecule has 0 aliphatic carbocycles. The van der Waals surface area contributed by atoms with Crippen LogP contribution >= 0.6 is 15.9 Å². The van der Waals surface area contributed by atoms with Crippen molar-refractivity contribution in [1.29, 1.82) is 0 Å². The van der Waals surface area contributed by atoms with Gasteiger partial charge in [-0.25, -0.2) is 9.37 Å². The number of rotatable bonds is 1. The normalized spacial score (nSPS) is 11.0. The summed E-state index contributed by atoms with van der Waals surface area (Å²) in [4.78, 5) is 8.08. The fourth-order valence-electron chi connectivity index (χ4n) is 1.74. The van der Waals surface area contributed by atoms with Gasteiger partial charge in [0.05, 0.1) is 21.7 Å². The van der Waals surface area contributed by atoms with Gasteiger partial charge in [-0.05, 0) is 28.1 Å². The molecule has 0 fully saturated rings. The summed E-state index contributed by atoms with van der Waals surface area (Å²) in [6.07, 6.45) is 1.55. The number of nitrogens with two attached hydrogens (primary N) is 1. The van der Waals surface area contributed by atoms with Crippen molar-refractivity contribution in [1.82, 2.24) is 20.2 Å². The smallest absolute Gasteiger partial charge is 0.222 e. The van der Waals surface area contributed by atoms with Crippen LogP contribution in [0.4, 0.5) is 10.3 Å². The Morgan fingerprint density at radius 2 is 2.11 bits per heavy atom. The van der Waals surface area contributed by atoms with Crippen LogP contribution in [0.2, 0.25) is 0 Å². The van der Waals surface area contributed by atoms with Crippen molar-refractivity contribution in [2.45, 2.75) is 0 Å². The molecule has 0 amide bonds. The first-order valence-corrected chi connectivity index (χ1v) is 5.87. The average Bonchev–Trinajstić information content (AvgIpc) is 2.79. The minimum absolute atomic E-state index is 0.0705. The Balaban J connectivity index is 2.37. The summed E-state index contributed by atoms with van der Waals surface area (Å²) in [6.45, 7) is 0. The molecule has 0 unspecified atom stereocenters. The molecule has 7 heteroatoms. The van der Waals surface area contributed by atoms with E-state index in [1.807, 2.05) is 0 Å². The zero-order valence-corrected chi connectivity index (χ0v) is 10.6. The molecule has 0 spiro atoms. The van der Waals surface area contributed by atoms with Gasteiger partial charge in [-0.3, -0.25) is 5.10 Å². The third-order valence-electron chi connectivity index (χ3n) is 2.53. The molecule has 1 aromatic carbocycles. The summed E-state index contributed by atoms with van der Waals surface area (Å²) in [7, 11) is 0. The Bertz CT molecular complexity index is 739. The first kappa shape index (κ1) is 11.1. The van der Waals surface area contributed by atoms with Crippen LogP contribution in [-0.2, 0) is 0 Å². The predicted octanol–water partition coefficient (Wildman–Crippen LogP) is 2.50. The minimum Gasteiger partial charge on any atom is -0.368 e. The Hall–Kier alpha value is -2.02. The summed E-state index contributed by atoms with van der Waals surface area (Å²) in [6, 6.07) is 4.98. The molecule has 0 radical (unpaired) electrons. The summed E-state index contributed by atoms with van der Waals surface area (Å²) in [5.41, 5.74) is 6.86. The lowest BCUT2D eigenvalue weighted by Gasteiger charge is -2.05. The van der Waals surface area contributed by atoms with Crippen LogP contribution in [0.5, 0.6) is 0 Å². The molecule has 2 heterocycles. The van der Waals surface area contributed by atoms with Gasteiger partial charge in [0.15, 0.2) is 5.65 Å². The van der Waals surface area contributed by atoms with Gasteiger partial charge >= 0.3 is 0 Å². The van der Waals surface area contributed by atoms with Gasteiger partial charge < -0.3 is 5.73 Å². The molecule has 3 aromatic rings. The Labute approximate surface area is 109 Å². The maximum absolute atomic E-state index is 14.1. The standard InChI is InChI=1S/C11H7BrFN5/c12-7-3-1-2-5(8(7)13)9-6-4-15-18-10(6)17-11(14)16-9/h1-4H,(H3,14,15,16,17,18). The lowest BCUT2D eigenvalue weighted by Crippen LogP contribution is -1.98. The first-order valence-electron chi connectivity index (χ1n) is 5.08. The molecule has 3 N–H and O–H groups in total. The second kappa shape index (κ2) is 4.02. The van der Waals surface area contributed by atoms with E-state index in [9.17, 15) is 4.39 Å². The lowest BCUT2D eigenvalue weighted by molar-refractivity contribution is 0.624. The number of aromatic amines is 1. The van der Waals surface area contributed by atoms with Gasteiger partial charge in [0, 0.05) is 5.56 Å². The molecule has 3 rings (SSSR count). The molecule has 0 aliphatic rings. The Morgan fingerprint density at radius 1 is 1.28 bits per heavy atom. The number of nitrogen functional groups attached to an aromatic ring is 1. The first-order chi connectivity index (χ1) is 8.66. The van der Waals surface area contributed by atoms with E-state index in [2.05, 4.69) is 36.1 Å². The largest absolute Gasteiger partial charge is 0.368 e. The summed E-state index contributed by atoms with van der Waals surface area (Å²) in [5.74, 6) is -0.320. The number of anilines is 1. The highest BCUT2D eigenvalue weighted by molar-refractivity contribution is 9.10. The van der Waals surface area contributed by atoms with Crippen LogP contribution in [0.3, 0.4) is 0 Å². The van der Waals surface area contributed by atoms with Gasteiger partial charge in [-0.2, -0.15) is 10.1 Å². The van der Waals surface area contributed by atoms with E-state index in [-0.39, 0.29) is 5.95 Å². The molecule has 18 heavy (non-hydrogen) atoms. The molecule has 0 saturated carbocycles. The van der Waals surface area contributed by atoms with Gasteiger partial charge in [-0.1, -0.05) is 6.07 Å². The van der Waals surface area contributed by atoms with Crippen molar-refractivity contribution < 1.29 is 4.39 Å².